The van der Waals surface area contributed by atoms with Crippen LogP contribution in [0.25, 0.3) is 0 Å². The Hall–Kier alpha value is -1.21. The van der Waals surface area contributed by atoms with Crippen LogP contribution in [0.2, 0.25) is 0 Å². The molecule has 1 aliphatic heterocycles. The fourth-order valence-electron chi connectivity index (χ4n) is 3.20. The first kappa shape index (κ1) is 22.8. The summed E-state index contributed by atoms with van der Waals surface area (Å²) in [4.78, 5) is 14.7. The minimum atomic E-state index is -4.39. The fraction of sp³-hybridized carbons (Fsp3) is 0.765. The normalized spacial score (nSPS) is 18.0. The van der Waals surface area contributed by atoms with E-state index in [0.29, 0.717) is 12.8 Å². The van der Waals surface area contributed by atoms with Gasteiger partial charge in [-0.1, -0.05) is 13.5 Å². The highest BCUT2D eigenvalue weighted by molar-refractivity contribution is 7.85. The average molecular weight is 361 g/mol. The molecule has 1 fully saturated rings. The van der Waals surface area contributed by atoms with E-state index in [9.17, 15) is 17.8 Å². The van der Waals surface area contributed by atoms with Gasteiger partial charge in [0.2, 0.25) is 5.91 Å². The quantitative estimate of drug-likeness (QED) is 0.530. The zero-order valence-electron chi connectivity index (χ0n) is 15.6. The highest BCUT2D eigenvalue weighted by Crippen LogP contribution is 2.26. The van der Waals surface area contributed by atoms with Gasteiger partial charge in [0.1, 0.15) is 0 Å². The lowest BCUT2D eigenvalue weighted by atomic mass is 9.95. The number of hydrogen-bond acceptors (Lipinski definition) is 5. The van der Waals surface area contributed by atoms with Crippen molar-refractivity contribution >= 4 is 16.0 Å². The molecule has 1 saturated heterocycles. The van der Waals surface area contributed by atoms with Crippen LogP contribution in [-0.2, 0) is 14.9 Å². The maximum atomic E-state index is 12.5. The van der Waals surface area contributed by atoms with Gasteiger partial charge in [0.15, 0.2) is 0 Å². The van der Waals surface area contributed by atoms with E-state index in [1.807, 2.05) is 6.92 Å². The van der Waals surface area contributed by atoms with E-state index in [1.165, 1.54) is 0 Å². The predicted octanol–water partition coefficient (Wildman–Crippen LogP) is 2.29. The molecule has 0 aromatic rings. The predicted molar refractivity (Wildman–Crippen MR) is 96.1 cm³/mol. The summed E-state index contributed by atoms with van der Waals surface area (Å²) in [6, 6.07) is 0.215. The van der Waals surface area contributed by atoms with Crippen molar-refractivity contribution in [2.75, 3.05) is 12.3 Å². The van der Waals surface area contributed by atoms with Crippen molar-refractivity contribution in [2.24, 2.45) is 5.92 Å². The van der Waals surface area contributed by atoms with Crippen molar-refractivity contribution in [2.45, 2.75) is 65.0 Å². The minimum absolute atomic E-state index is 0. The Morgan fingerprint density at radius 1 is 1.46 bits per heavy atom. The molecule has 0 radical (unpaired) electrons. The summed E-state index contributed by atoms with van der Waals surface area (Å²) in [7, 11) is -4.39. The maximum absolute atomic E-state index is 12.5. The molecular weight excluding hydrogens is 328 g/mol. The SMILES string of the molecule is C=C1CCCN1C(C)CC(CC)C(=O)NC(C)(C)CS(=O)(=O)[O-].[CH3+]. The first-order chi connectivity index (χ1) is 10.4. The number of amides is 1. The zero-order valence-corrected chi connectivity index (χ0v) is 16.4. The third-order valence-electron chi connectivity index (χ3n) is 4.29. The Bertz CT molecular complexity index is 543. The zero-order chi connectivity index (χ0) is 17.8. The number of hydrogen-bond donors (Lipinski definition) is 1. The lowest BCUT2D eigenvalue weighted by Gasteiger charge is -2.32. The van der Waals surface area contributed by atoms with E-state index in [0.717, 1.165) is 25.1 Å². The number of rotatable bonds is 8. The Morgan fingerprint density at radius 2 is 2.04 bits per heavy atom. The molecule has 0 aromatic heterocycles. The maximum Gasteiger partial charge on any atom is 0.223 e. The molecular formula is C17H32N2O4S. The molecule has 0 aromatic carbocycles. The van der Waals surface area contributed by atoms with Crippen LogP contribution in [0.5, 0.6) is 0 Å². The van der Waals surface area contributed by atoms with Gasteiger partial charge in [0.25, 0.3) is 0 Å². The second-order valence-corrected chi connectivity index (χ2v) is 8.53. The van der Waals surface area contributed by atoms with Crippen LogP contribution >= 0.6 is 0 Å². The van der Waals surface area contributed by atoms with E-state index in [2.05, 4.69) is 23.7 Å². The van der Waals surface area contributed by atoms with Gasteiger partial charge in [-0.2, -0.15) is 0 Å². The van der Waals surface area contributed by atoms with Gasteiger partial charge in [0.05, 0.1) is 15.9 Å². The number of nitrogens with one attached hydrogen (secondary N) is 1. The third-order valence-corrected chi connectivity index (χ3v) is 5.37. The molecule has 6 nitrogen and oxygen atoms in total. The van der Waals surface area contributed by atoms with Gasteiger partial charge in [-0.05, 0) is 46.5 Å². The van der Waals surface area contributed by atoms with Crippen molar-refractivity contribution in [3.8, 4) is 0 Å². The van der Waals surface area contributed by atoms with Crippen molar-refractivity contribution in [1.82, 2.24) is 10.2 Å². The van der Waals surface area contributed by atoms with E-state index >= 15 is 0 Å². The molecule has 7 heteroatoms. The van der Waals surface area contributed by atoms with E-state index in [4.69, 9.17) is 0 Å². The molecule has 24 heavy (non-hydrogen) atoms. The van der Waals surface area contributed by atoms with Crippen LogP contribution in [0.3, 0.4) is 0 Å². The highest BCUT2D eigenvalue weighted by atomic mass is 32.2. The van der Waals surface area contributed by atoms with Crippen LogP contribution in [0.4, 0.5) is 0 Å². The van der Waals surface area contributed by atoms with E-state index in [1.54, 1.807) is 13.8 Å². The Balaban J connectivity index is 0.00000529. The molecule has 1 amide bonds. The van der Waals surface area contributed by atoms with Crippen LogP contribution in [0, 0.1) is 13.3 Å². The largest absolute Gasteiger partial charge is 0.748 e. The number of carbonyl (C=O) groups is 1. The van der Waals surface area contributed by atoms with Gasteiger partial charge in [-0.15, -0.1) is 0 Å². The minimum Gasteiger partial charge on any atom is -0.748 e. The molecule has 0 spiro atoms. The van der Waals surface area contributed by atoms with Crippen LogP contribution in [-0.4, -0.2) is 47.7 Å². The first-order valence-corrected chi connectivity index (χ1v) is 9.73. The molecule has 2 unspecified atom stereocenters. The molecule has 2 atom stereocenters. The molecule has 140 valence electrons. The monoisotopic (exact) mass is 360 g/mol. The lowest BCUT2D eigenvalue weighted by Crippen LogP contribution is -2.50. The second-order valence-electron chi connectivity index (χ2n) is 7.13. The number of likely N-dealkylation sites (tertiary alicyclic amines) is 1. The van der Waals surface area contributed by atoms with Crippen molar-refractivity contribution in [3.63, 3.8) is 0 Å². The summed E-state index contributed by atoms with van der Waals surface area (Å²) in [6.45, 7) is 12.2. The molecule has 0 aliphatic carbocycles. The van der Waals surface area contributed by atoms with Gasteiger partial charge >= 0.3 is 0 Å². The van der Waals surface area contributed by atoms with Gasteiger partial charge in [-0.3, -0.25) is 4.79 Å². The molecule has 0 saturated carbocycles. The Kier molecular flexibility index (Phi) is 8.32. The van der Waals surface area contributed by atoms with Gasteiger partial charge < -0.3 is 14.8 Å². The summed E-state index contributed by atoms with van der Waals surface area (Å²) in [5.41, 5.74) is 0.0523. The van der Waals surface area contributed by atoms with Crippen LogP contribution < -0.4 is 5.32 Å². The molecule has 1 heterocycles. The van der Waals surface area contributed by atoms with Crippen LogP contribution in [0.1, 0.15) is 53.4 Å². The molecule has 0 bridgehead atoms. The first-order valence-electron chi connectivity index (χ1n) is 8.15. The van der Waals surface area contributed by atoms with Crippen LogP contribution in [0.15, 0.2) is 12.3 Å². The highest BCUT2D eigenvalue weighted by Gasteiger charge is 2.30. The van der Waals surface area contributed by atoms with Gasteiger partial charge in [-0.25, -0.2) is 8.42 Å². The summed E-state index contributed by atoms with van der Waals surface area (Å²) >= 11 is 0. The third kappa shape index (κ3) is 7.13. The standard InChI is InChI=1S/C16H30N2O4S.CH3/c1-6-14(10-13(3)18-9-7-8-12(18)2)15(19)17-16(4,5)11-23(20,21)22;/h13-14H,2,6-11H2,1,3-5H3,(H,17,19)(H,20,21,22);1H3/q;+1/p-1. The second kappa shape index (κ2) is 8.76. The van der Waals surface area contributed by atoms with Crippen molar-refractivity contribution in [1.29, 1.82) is 0 Å². The number of nitrogens with zero attached hydrogens (tertiary/aromatic N) is 1. The molecule has 1 aliphatic rings. The van der Waals surface area contributed by atoms with Crippen molar-refractivity contribution in [3.05, 3.63) is 19.7 Å². The Labute approximate surface area is 147 Å². The van der Waals surface area contributed by atoms with Gasteiger partial charge in [0, 0.05) is 37.2 Å². The molecule has 1 N–H and O–H groups in total. The topological polar surface area (TPSA) is 89.5 Å². The lowest BCUT2D eigenvalue weighted by molar-refractivity contribution is -0.127. The number of allylic oxidation sites excluding steroid dienone is 1. The number of carbonyl (C=O) groups excluding carboxylic acids is 1. The summed E-state index contributed by atoms with van der Waals surface area (Å²) in [5.74, 6) is -1.02. The average Bonchev–Trinajstić information content (AvgIpc) is 2.78. The summed E-state index contributed by atoms with van der Waals surface area (Å²) in [5, 5.41) is 2.71. The summed E-state index contributed by atoms with van der Waals surface area (Å²) in [6.07, 6.45) is 3.44. The molecule has 1 rings (SSSR count). The fourth-order valence-corrected chi connectivity index (χ4v) is 4.15. The van der Waals surface area contributed by atoms with Crippen molar-refractivity contribution < 1.29 is 17.8 Å². The smallest absolute Gasteiger partial charge is 0.223 e. The van der Waals surface area contributed by atoms with E-state index in [-0.39, 0.29) is 25.3 Å². The van der Waals surface area contributed by atoms with E-state index < -0.39 is 21.4 Å². The summed E-state index contributed by atoms with van der Waals surface area (Å²) < 4.78 is 32.8. The Morgan fingerprint density at radius 3 is 2.46 bits per heavy atom.